The van der Waals surface area contributed by atoms with Crippen molar-refractivity contribution in [3.05, 3.63) is 89.2 Å². The summed E-state index contributed by atoms with van der Waals surface area (Å²) in [5.41, 5.74) is 2.06. The predicted octanol–water partition coefficient (Wildman–Crippen LogP) is 4.22. The maximum absolute atomic E-state index is 13.4. The van der Waals surface area contributed by atoms with Crippen LogP contribution in [-0.2, 0) is 16.6 Å². The number of hydrogen-bond acceptors (Lipinski definition) is 4. The third-order valence-electron chi connectivity index (χ3n) is 4.74. The number of amides is 1. The van der Waals surface area contributed by atoms with Crippen LogP contribution in [0.2, 0.25) is 0 Å². The van der Waals surface area contributed by atoms with Crippen molar-refractivity contribution in [2.75, 3.05) is 18.9 Å². The van der Waals surface area contributed by atoms with Crippen LogP contribution in [0.4, 0.5) is 10.1 Å². The van der Waals surface area contributed by atoms with Gasteiger partial charge in [-0.2, -0.15) is 0 Å². The molecule has 0 heterocycles. The molecular formula is C23H23FN2O4S. The van der Waals surface area contributed by atoms with Gasteiger partial charge in [-0.25, -0.2) is 12.8 Å². The Labute approximate surface area is 181 Å². The molecule has 0 spiro atoms. The number of carbonyl (C=O) groups excluding carboxylic acids is 1. The average Bonchev–Trinajstić information content (AvgIpc) is 2.74. The van der Waals surface area contributed by atoms with Crippen molar-refractivity contribution in [1.29, 1.82) is 0 Å². The Bertz CT molecular complexity index is 1190. The minimum atomic E-state index is -3.79. The van der Waals surface area contributed by atoms with Crippen LogP contribution in [0.15, 0.2) is 71.6 Å². The first-order valence-electron chi connectivity index (χ1n) is 9.47. The van der Waals surface area contributed by atoms with Crippen LogP contribution < -0.4 is 9.46 Å². The first kappa shape index (κ1) is 22.3. The van der Waals surface area contributed by atoms with E-state index in [1.807, 2.05) is 0 Å². The molecule has 0 fully saturated rings. The number of methoxy groups -OCH3 is 1. The van der Waals surface area contributed by atoms with E-state index in [-0.39, 0.29) is 23.2 Å². The number of halogens is 1. The molecule has 0 saturated heterocycles. The van der Waals surface area contributed by atoms with Gasteiger partial charge in [0.25, 0.3) is 15.9 Å². The first-order chi connectivity index (χ1) is 14.7. The van der Waals surface area contributed by atoms with Crippen molar-refractivity contribution < 1.29 is 22.3 Å². The predicted molar refractivity (Wildman–Crippen MR) is 117 cm³/mol. The number of aryl methyl sites for hydroxylation is 1. The summed E-state index contributed by atoms with van der Waals surface area (Å²) in [6.07, 6.45) is 0. The summed E-state index contributed by atoms with van der Waals surface area (Å²) in [5, 5.41) is 0. The maximum Gasteiger partial charge on any atom is 0.261 e. The standard InChI is InChI=1S/C23H23FN2O4S/c1-16-13-18(23(27)26(2)15-17-5-4-6-19(24)14-17)7-12-22(16)25-31(28,29)21-10-8-20(30-3)9-11-21/h4-14,25H,15H2,1-3H3. The average molecular weight is 443 g/mol. The number of hydrogen-bond donors (Lipinski definition) is 1. The summed E-state index contributed by atoms with van der Waals surface area (Å²) >= 11 is 0. The Morgan fingerprint density at radius 3 is 2.39 bits per heavy atom. The van der Waals surface area contributed by atoms with Crippen molar-refractivity contribution in [1.82, 2.24) is 4.90 Å². The maximum atomic E-state index is 13.4. The highest BCUT2D eigenvalue weighted by Crippen LogP contribution is 2.23. The molecule has 0 aromatic heterocycles. The molecule has 0 radical (unpaired) electrons. The number of benzene rings is 3. The summed E-state index contributed by atoms with van der Waals surface area (Å²) < 4.78 is 46.3. The SMILES string of the molecule is COc1ccc(S(=O)(=O)Nc2ccc(C(=O)N(C)Cc3cccc(F)c3)cc2C)cc1. The number of ether oxygens (including phenoxy) is 1. The van der Waals surface area contributed by atoms with Gasteiger partial charge in [-0.15, -0.1) is 0 Å². The number of rotatable bonds is 7. The van der Waals surface area contributed by atoms with E-state index in [0.717, 1.165) is 0 Å². The van der Waals surface area contributed by atoms with E-state index in [1.54, 1.807) is 56.4 Å². The van der Waals surface area contributed by atoms with Gasteiger partial charge in [-0.1, -0.05) is 12.1 Å². The monoisotopic (exact) mass is 442 g/mol. The highest BCUT2D eigenvalue weighted by atomic mass is 32.2. The molecule has 0 saturated carbocycles. The second-order valence-corrected chi connectivity index (χ2v) is 8.78. The molecule has 162 valence electrons. The molecule has 0 aliphatic rings. The third-order valence-corrected chi connectivity index (χ3v) is 6.12. The zero-order chi connectivity index (χ0) is 22.6. The Kier molecular flexibility index (Phi) is 6.60. The zero-order valence-corrected chi connectivity index (χ0v) is 18.2. The Balaban J connectivity index is 1.74. The van der Waals surface area contributed by atoms with Gasteiger partial charge in [0.05, 0.1) is 17.7 Å². The number of carbonyl (C=O) groups is 1. The van der Waals surface area contributed by atoms with Crippen molar-refractivity contribution in [2.24, 2.45) is 0 Å². The highest BCUT2D eigenvalue weighted by molar-refractivity contribution is 7.92. The van der Waals surface area contributed by atoms with E-state index in [4.69, 9.17) is 4.74 Å². The summed E-state index contributed by atoms with van der Waals surface area (Å²) in [7, 11) is -0.660. The molecule has 8 heteroatoms. The lowest BCUT2D eigenvalue weighted by Crippen LogP contribution is -2.26. The minimum absolute atomic E-state index is 0.0997. The van der Waals surface area contributed by atoms with Crippen LogP contribution >= 0.6 is 0 Å². The summed E-state index contributed by atoms with van der Waals surface area (Å²) in [5.74, 6) is -0.0556. The molecule has 31 heavy (non-hydrogen) atoms. The molecule has 1 amide bonds. The van der Waals surface area contributed by atoms with Gasteiger partial charge < -0.3 is 9.64 Å². The highest BCUT2D eigenvalue weighted by Gasteiger charge is 2.18. The minimum Gasteiger partial charge on any atom is -0.497 e. The largest absolute Gasteiger partial charge is 0.497 e. The van der Waals surface area contributed by atoms with Gasteiger partial charge in [0.2, 0.25) is 0 Å². The Morgan fingerprint density at radius 1 is 1.06 bits per heavy atom. The summed E-state index contributed by atoms with van der Waals surface area (Å²) in [6.45, 7) is 1.97. The molecule has 6 nitrogen and oxygen atoms in total. The number of nitrogens with one attached hydrogen (secondary N) is 1. The van der Waals surface area contributed by atoms with Crippen molar-refractivity contribution in [2.45, 2.75) is 18.4 Å². The van der Waals surface area contributed by atoms with Crippen LogP contribution in [0.1, 0.15) is 21.5 Å². The number of anilines is 1. The Hall–Kier alpha value is -3.39. The van der Waals surface area contributed by atoms with Gasteiger partial charge >= 0.3 is 0 Å². The van der Waals surface area contributed by atoms with E-state index in [9.17, 15) is 17.6 Å². The van der Waals surface area contributed by atoms with E-state index >= 15 is 0 Å². The number of nitrogens with zero attached hydrogens (tertiary/aromatic N) is 1. The molecule has 0 bridgehead atoms. The van der Waals surface area contributed by atoms with Gasteiger partial charge in [-0.3, -0.25) is 9.52 Å². The molecule has 1 N–H and O–H groups in total. The first-order valence-corrected chi connectivity index (χ1v) is 11.0. The topological polar surface area (TPSA) is 75.7 Å². The lowest BCUT2D eigenvalue weighted by atomic mass is 10.1. The molecule has 3 aromatic rings. The molecule has 3 rings (SSSR count). The fourth-order valence-corrected chi connectivity index (χ4v) is 4.20. The van der Waals surface area contributed by atoms with E-state index in [0.29, 0.717) is 28.1 Å². The molecule has 0 unspecified atom stereocenters. The second kappa shape index (κ2) is 9.18. The second-order valence-electron chi connectivity index (χ2n) is 7.10. The summed E-state index contributed by atoms with van der Waals surface area (Å²) in [6, 6.07) is 16.8. The summed E-state index contributed by atoms with van der Waals surface area (Å²) in [4.78, 5) is 14.3. The van der Waals surface area contributed by atoms with Gasteiger partial charge in [0.15, 0.2) is 0 Å². The van der Waals surface area contributed by atoms with Crippen LogP contribution in [0.25, 0.3) is 0 Å². The Morgan fingerprint density at radius 2 is 1.77 bits per heavy atom. The number of sulfonamides is 1. The lowest BCUT2D eigenvalue weighted by molar-refractivity contribution is 0.0785. The lowest BCUT2D eigenvalue weighted by Gasteiger charge is -2.18. The smallest absolute Gasteiger partial charge is 0.261 e. The van der Waals surface area contributed by atoms with Crippen LogP contribution in [0.5, 0.6) is 5.75 Å². The van der Waals surface area contributed by atoms with Crippen molar-refractivity contribution in [3.63, 3.8) is 0 Å². The normalized spacial score (nSPS) is 11.1. The van der Waals surface area contributed by atoms with Crippen molar-refractivity contribution in [3.8, 4) is 5.75 Å². The van der Waals surface area contributed by atoms with Crippen LogP contribution in [-0.4, -0.2) is 33.4 Å². The van der Waals surface area contributed by atoms with Gasteiger partial charge in [0, 0.05) is 19.2 Å². The van der Waals surface area contributed by atoms with E-state index < -0.39 is 10.0 Å². The third kappa shape index (κ3) is 5.40. The molecule has 0 atom stereocenters. The van der Waals surface area contributed by atoms with Crippen molar-refractivity contribution >= 4 is 21.6 Å². The van der Waals surface area contributed by atoms with Crippen LogP contribution in [0, 0.1) is 12.7 Å². The van der Waals surface area contributed by atoms with E-state index in [1.165, 1.54) is 36.3 Å². The van der Waals surface area contributed by atoms with Gasteiger partial charge in [-0.05, 0) is 72.6 Å². The molecule has 0 aliphatic heterocycles. The van der Waals surface area contributed by atoms with Gasteiger partial charge in [0.1, 0.15) is 11.6 Å². The molecule has 3 aromatic carbocycles. The van der Waals surface area contributed by atoms with E-state index in [2.05, 4.69) is 4.72 Å². The fourth-order valence-electron chi connectivity index (χ4n) is 3.07. The quantitative estimate of drug-likeness (QED) is 0.595. The zero-order valence-electron chi connectivity index (χ0n) is 17.4. The van der Waals surface area contributed by atoms with Crippen LogP contribution in [0.3, 0.4) is 0 Å². The molecule has 0 aliphatic carbocycles. The molecular weight excluding hydrogens is 419 g/mol. The fraction of sp³-hybridized carbons (Fsp3) is 0.174.